The third-order valence-electron chi connectivity index (χ3n) is 2.57. The predicted molar refractivity (Wildman–Crippen MR) is 77.9 cm³/mol. The molecule has 0 spiro atoms. The Morgan fingerprint density at radius 1 is 0.765 bits per heavy atom. The van der Waals surface area contributed by atoms with Crippen LogP contribution < -0.4 is 8.92 Å². The molecule has 0 aliphatic carbocycles. The molecule has 0 aliphatic heterocycles. The number of aryl methyl sites for hydroxylation is 3. The molecule has 0 saturated heterocycles. The van der Waals surface area contributed by atoms with Gasteiger partial charge < -0.3 is 0 Å². The van der Waals surface area contributed by atoms with Crippen LogP contribution in [-0.4, -0.2) is 26.3 Å². The van der Waals surface area contributed by atoms with E-state index in [4.69, 9.17) is 0 Å². The van der Waals surface area contributed by atoms with E-state index in [1.807, 2.05) is 0 Å². The Labute approximate surface area is 115 Å². The molecular formula is C15H16Se2. The fraction of sp³-hybridized carbons (Fsp3) is 0.200. The van der Waals surface area contributed by atoms with Gasteiger partial charge in [0.25, 0.3) is 0 Å². The van der Waals surface area contributed by atoms with Gasteiger partial charge in [-0.25, -0.2) is 0 Å². The molecule has 0 aliphatic rings. The minimum atomic E-state index is 0.607. The molecule has 2 aromatic rings. The van der Waals surface area contributed by atoms with Crippen LogP contribution in [0.2, 0.25) is 0 Å². The van der Waals surface area contributed by atoms with Gasteiger partial charge in [0.1, 0.15) is 0 Å². The van der Waals surface area contributed by atoms with Crippen molar-refractivity contribution in [2.45, 2.75) is 20.8 Å². The minimum absolute atomic E-state index is 0.607. The van der Waals surface area contributed by atoms with E-state index >= 15 is 0 Å². The van der Waals surface area contributed by atoms with Crippen molar-refractivity contribution < 1.29 is 0 Å². The van der Waals surface area contributed by atoms with Crippen molar-refractivity contribution in [1.82, 2.24) is 0 Å². The Balaban J connectivity index is 2.15. The summed E-state index contributed by atoms with van der Waals surface area (Å²) in [5, 5.41) is 0. The van der Waals surface area contributed by atoms with Gasteiger partial charge in [-0.15, -0.1) is 0 Å². The predicted octanol–water partition coefficient (Wildman–Crippen LogP) is 1.89. The normalized spacial score (nSPS) is 10.5. The van der Waals surface area contributed by atoms with Crippen LogP contribution in [0.3, 0.4) is 0 Å². The summed E-state index contributed by atoms with van der Waals surface area (Å²) >= 11 is 1.22. The first-order valence-corrected chi connectivity index (χ1v) is 11.7. The summed E-state index contributed by atoms with van der Waals surface area (Å²) < 4.78 is 3.12. The molecule has 2 heteroatoms. The Morgan fingerprint density at radius 3 is 1.94 bits per heavy atom. The zero-order valence-electron chi connectivity index (χ0n) is 10.4. The zero-order valence-corrected chi connectivity index (χ0v) is 13.8. The van der Waals surface area contributed by atoms with Gasteiger partial charge in [0.05, 0.1) is 0 Å². The molecule has 0 fully saturated rings. The molecule has 0 heterocycles. The van der Waals surface area contributed by atoms with Crippen LogP contribution in [0, 0.1) is 20.8 Å². The SMILES string of the molecule is Cc1cc(C)c([Se][Se]c2ccccc2)c(C)c1. The Bertz CT molecular complexity index is 481. The van der Waals surface area contributed by atoms with Crippen molar-refractivity contribution in [2.24, 2.45) is 0 Å². The zero-order chi connectivity index (χ0) is 12.3. The maximum absolute atomic E-state index is 2.31. The van der Waals surface area contributed by atoms with Crippen LogP contribution in [0.1, 0.15) is 16.7 Å². The van der Waals surface area contributed by atoms with E-state index in [1.165, 1.54) is 21.2 Å². The Hall–Kier alpha value is -0.521. The molecule has 2 aromatic carbocycles. The molecule has 0 amide bonds. The third kappa shape index (κ3) is 3.47. The Kier molecular flexibility index (Phi) is 4.47. The molecular weight excluding hydrogens is 338 g/mol. The monoisotopic (exact) mass is 356 g/mol. The van der Waals surface area contributed by atoms with E-state index < -0.39 is 0 Å². The van der Waals surface area contributed by atoms with Crippen molar-refractivity contribution in [1.29, 1.82) is 0 Å². The van der Waals surface area contributed by atoms with Gasteiger partial charge in [0, 0.05) is 0 Å². The van der Waals surface area contributed by atoms with E-state index in [9.17, 15) is 0 Å². The van der Waals surface area contributed by atoms with E-state index in [0.29, 0.717) is 26.3 Å². The van der Waals surface area contributed by atoms with E-state index in [1.54, 1.807) is 4.46 Å². The molecule has 0 unspecified atom stereocenters. The second-order valence-corrected chi connectivity index (χ2v) is 10.4. The fourth-order valence-corrected chi connectivity index (χ4v) is 9.64. The van der Waals surface area contributed by atoms with E-state index in [2.05, 4.69) is 63.2 Å². The summed E-state index contributed by atoms with van der Waals surface area (Å²) in [4.78, 5) is 0. The maximum atomic E-state index is 2.31. The Morgan fingerprint density at radius 2 is 1.35 bits per heavy atom. The van der Waals surface area contributed by atoms with Crippen molar-refractivity contribution in [3.05, 3.63) is 59.2 Å². The van der Waals surface area contributed by atoms with Gasteiger partial charge in [-0.05, 0) is 0 Å². The number of benzene rings is 2. The fourth-order valence-electron chi connectivity index (χ4n) is 1.86. The van der Waals surface area contributed by atoms with Crippen LogP contribution in [0.15, 0.2) is 42.5 Å². The van der Waals surface area contributed by atoms with Gasteiger partial charge in [0.2, 0.25) is 0 Å². The van der Waals surface area contributed by atoms with Gasteiger partial charge >= 0.3 is 115 Å². The molecule has 0 aromatic heterocycles. The molecule has 0 saturated carbocycles. The summed E-state index contributed by atoms with van der Waals surface area (Å²) in [6, 6.07) is 15.5. The first-order chi connectivity index (χ1) is 8.16. The first kappa shape index (κ1) is 12.9. The molecule has 2 rings (SSSR count). The van der Waals surface area contributed by atoms with Crippen LogP contribution in [0.25, 0.3) is 0 Å². The second-order valence-electron chi connectivity index (χ2n) is 4.21. The average Bonchev–Trinajstić information content (AvgIpc) is 2.29. The van der Waals surface area contributed by atoms with Gasteiger partial charge in [-0.3, -0.25) is 0 Å². The van der Waals surface area contributed by atoms with E-state index in [0.717, 1.165) is 0 Å². The van der Waals surface area contributed by atoms with E-state index in [-0.39, 0.29) is 0 Å². The third-order valence-corrected chi connectivity index (χ3v) is 10.2. The van der Waals surface area contributed by atoms with Crippen LogP contribution in [-0.2, 0) is 0 Å². The molecule has 0 N–H and O–H groups in total. The average molecular weight is 354 g/mol. The summed E-state index contributed by atoms with van der Waals surface area (Å²) in [6.07, 6.45) is 0. The van der Waals surface area contributed by atoms with Crippen LogP contribution in [0.4, 0.5) is 0 Å². The molecule has 88 valence electrons. The van der Waals surface area contributed by atoms with Gasteiger partial charge in [0.15, 0.2) is 0 Å². The molecule has 0 atom stereocenters. The van der Waals surface area contributed by atoms with Crippen molar-refractivity contribution in [3.63, 3.8) is 0 Å². The number of rotatable bonds is 3. The summed E-state index contributed by atoms with van der Waals surface area (Å²) in [5.74, 6) is 0. The molecule has 0 radical (unpaired) electrons. The first-order valence-electron chi connectivity index (χ1n) is 5.64. The topological polar surface area (TPSA) is 0 Å². The van der Waals surface area contributed by atoms with Crippen LogP contribution in [0.5, 0.6) is 0 Å². The standard InChI is InChI=1S/C15H16Se2/c1-11-9-12(2)15(13(3)10-11)17-16-14-7-5-4-6-8-14/h4-10H,1-3H3. The van der Waals surface area contributed by atoms with Crippen LogP contribution >= 0.6 is 0 Å². The summed E-state index contributed by atoms with van der Waals surface area (Å²) in [6.45, 7) is 6.68. The summed E-state index contributed by atoms with van der Waals surface area (Å²) in [5.41, 5.74) is 4.33. The van der Waals surface area contributed by atoms with Gasteiger partial charge in [-0.2, -0.15) is 0 Å². The second kappa shape index (κ2) is 5.89. The number of hydrogen-bond acceptors (Lipinski definition) is 0. The molecule has 0 bridgehead atoms. The summed E-state index contributed by atoms with van der Waals surface area (Å²) in [7, 11) is 0. The van der Waals surface area contributed by atoms with Crippen molar-refractivity contribution >= 4 is 35.2 Å². The van der Waals surface area contributed by atoms with Crippen molar-refractivity contribution in [2.75, 3.05) is 0 Å². The molecule has 17 heavy (non-hydrogen) atoms. The van der Waals surface area contributed by atoms with Crippen molar-refractivity contribution in [3.8, 4) is 0 Å². The van der Waals surface area contributed by atoms with Gasteiger partial charge in [-0.1, -0.05) is 0 Å². The number of hydrogen-bond donors (Lipinski definition) is 0. The molecule has 0 nitrogen and oxygen atoms in total. The quantitative estimate of drug-likeness (QED) is 0.739.